The van der Waals surface area contributed by atoms with Gasteiger partial charge in [-0.1, -0.05) is 0 Å². The van der Waals surface area contributed by atoms with E-state index >= 15 is 0 Å². The van der Waals surface area contributed by atoms with E-state index < -0.39 is 5.54 Å². The van der Waals surface area contributed by atoms with Gasteiger partial charge in [0.2, 0.25) is 5.91 Å². The molecule has 5 nitrogen and oxygen atoms in total. The summed E-state index contributed by atoms with van der Waals surface area (Å²) in [6, 6.07) is 1.96. The molecule has 0 aliphatic carbocycles. The van der Waals surface area contributed by atoms with Gasteiger partial charge in [0, 0.05) is 18.4 Å². The summed E-state index contributed by atoms with van der Waals surface area (Å²) in [7, 11) is 1.75. The Balaban J connectivity index is 2.46. The van der Waals surface area contributed by atoms with Crippen LogP contribution in [0.4, 0.5) is 0 Å². The summed E-state index contributed by atoms with van der Waals surface area (Å²) < 4.78 is 1.93. The van der Waals surface area contributed by atoms with Crippen LogP contribution in [0.1, 0.15) is 25.5 Å². The summed E-state index contributed by atoms with van der Waals surface area (Å²) in [6.45, 7) is 4.65. The number of nitrogens with one attached hydrogen (secondary N) is 1. The SMILES string of the molecule is CNC(C)(CCCn1nccc1C)C(N)=O. The summed E-state index contributed by atoms with van der Waals surface area (Å²) in [4.78, 5) is 11.2. The fourth-order valence-corrected chi connectivity index (χ4v) is 1.59. The number of hydrogen-bond acceptors (Lipinski definition) is 3. The zero-order valence-electron chi connectivity index (χ0n) is 10.2. The van der Waals surface area contributed by atoms with Gasteiger partial charge < -0.3 is 11.1 Å². The maximum Gasteiger partial charge on any atom is 0.237 e. The lowest BCUT2D eigenvalue weighted by atomic mass is 9.95. The van der Waals surface area contributed by atoms with Crippen molar-refractivity contribution in [2.45, 2.75) is 38.8 Å². The number of nitrogens with zero attached hydrogens (tertiary/aromatic N) is 2. The Bertz CT molecular complexity index is 361. The minimum Gasteiger partial charge on any atom is -0.368 e. The van der Waals surface area contributed by atoms with E-state index in [0.29, 0.717) is 6.42 Å². The standard InChI is InChI=1S/C11H20N4O/c1-9-5-7-14-15(9)8-4-6-11(2,13-3)10(12)16/h5,7,13H,4,6,8H2,1-3H3,(H2,12,16). The van der Waals surface area contributed by atoms with Gasteiger partial charge in [0.15, 0.2) is 0 Å². The van der Waals surface area contributed by atoms with Crippen molar-refractivity contribution in [3.8, 4) is 0 Å². The fraction of sp³-hybridized carbons (Fsp3) is 0.636. The first kappa shape index (κ1) is 12.7. The molecule has 0 aliphatic rings. The fourth-order valence-electron chi connectivity index (χ4n) is 1.59. The molecule has 0 saturated carbocycles. The van der Waals surface area contributed by atoms with E-state index in [1.54, 1.807) is 13.2 Å². The molecule has 1 aromatic heterocycles. The number of carbonyl (C=O) groups excluding carboxylic acids is 1. The van der Waals surface area contributed by atoms with Crippen LogP contribution in [-0.2, 0) is 11.3 Å². The highest BCUT2D eigenvalue weighted by atomic mass is 16.1. The number of aromatic nitrogens is 2. The second kappa shape index (κ2) is 5.12. The topological polar surface area (TPSA) is 72.9 Å². The highest BCUT2D eigenvalue weighted by molar-refractivity contribution is 5.84. The number of likely N-dealkylation sites (N-methyl/N-ethyl adjacent to an activating group) is 1. The largest absolute Gasteiger partial charge is 0.368 e. The van der Waals surface area contributed by atoms with Crippen molar-refractivity contribution in [1.29, 1.82) is 0 Å². The zero-order valence-corrected chi connectivity index (χ0v) is 10.2. The van der Waals surface area contributed by atoms with Crippen LogP contribution in [0.15, 0.2) is 12.3 Å². The third kappa shape index (κ3) is 2.82. The van der Waals surface area contributed by atoms with E-state index in [9.17, 15) is 4.79 Å². The van der Waals surface area contributed by atoms with E-state index in [1.807, 2.05) is 24.6 Å². The van der Waals surface area contributed by atoms with Crippen LogP contribution in [0.25, 0.3) is 0 Å². The van der Waals surface area contributed by atoms with Crippen molar-refractivity contribution in [1.82, 2.24) is 15.1 Å². The molecule has 1 unspecified atom stereocenters. The summed E-state index contributed by atoms with van der Waals surface area (Å²) in [6.07, 6.45) is 3.35. The molecule has 0 aliphatic heterocycles. The predicted molar refractivity (Wildman–Crippen MR) is 62.9 cm³/mol. The van der Waals surface area contributed by atoms with Gasteiger partial charge in [-0.2, -0.15) is 5.10 Å². The van der Waals surface area contributed by atoms with Crippen LogP contribution in [0.2, 0.25) is 0 Å². The van der Waals surface area contributed by atoms with Crippen LogP contribution in [0.3, 0.4) is 0 Å². The van der Waals surface area contributed by atoms with Gasteiger partial charge in [0.25, 0.3) is 0 Å². The zero-order chi connectivity index (χ0) is 12.2. The molecule has 0 radical (unpaired) electrons. The third-order valence-corrected chi connectivity index (χ3v) is 3.07. The molecule has 0 spiro atoms. The van der Waals surface area contributed by atoms with Gasteiger partial charge in [-0.05, 0) is 39.8 Å². The Hall–Kier alpha value is -1.36. The van der Waals surface area contributed by atoms with Gasteiger partial charge >= 0.3 is 0 Å². The van der Waals surface area contributed by atoms with Crippen molar-refractivity contribution < 1.29 is 4.79 Å². The van der Waals surface area contributed by atoms with E-state index in [-0.39, 0.29) is 5.91 Å². The molecule has 1 amide bonds. The molecule has 1 aromatic rings. The average molecular weight is 224 g/mol. The van der Waals surface area contributed by atoms with Crippen LogP contribution in [-0.4, -0.2) is 28.3 Å². The summed E-state index contributed by atoms with van der Waals surface area (Å²) >= 11 is 0. The molecule has 3 N–H and O–H groups in total. The molecule has 90 valence electrons. The quantitative estimate of drug-likeness (QED) is 0.736. The van der Waals surface area contributed by atoms with Crippen molar-refractivity contribution >= 4 is 5.91 Å². The van der Waals surface area contributed by atoms with Crippen LogP contribution >= 0.6 is 0 Å². The Kier molecular flexibility index (Phi) is 4.06. The number of rotatable bonds is 6. The molecule has 5 heteroatoms. The first-order valence-electron chi connectivity index (χ1n) is 5.47. The summed E-state index contributed by atoms with van der Waals surface area (Å²) in [5, 5.41) is 7.15. The molecule has 0 aromatic carbocycles. The van der Waals surface area contributed by atoms with E-state index in [1.165, 1.54) is 0 Å². The second-order valence-electron chi connectivity index (χ2n) is 4.25. The first-order valence-corrected chi connectivity index (χ1v) is 5.47. The van der Waals surface area contributed by atoms with E-state index in [4.69, 9.17) is 5.73 Å². The van der Waals surface area contributed by atoms with Crippen molar-refractivity contribution in [2.24, 2.45) is 5.73 Å². The molecule has 1 atom stereocenters. The lowest BCUT2D eigenvalue weighted by Crippen LogP contribution is -2.51. The number of hydrogen-bond donors (Lipinski definition) is 2. The lowest BCUT2D eigenvalue weighted by molar-refractivity contribution is -0.123. The monoisotopic (exact) mass is 224 g/mol. The Morgan fingerprint density at radius 3 is 2.81 bits per heavy atom. The van der Waals surface area contributed by atoms with Crippen LogP contribution in [0, 0.1) is 6.92 Å². The number of primary amides is 1. The molecule has 0 fully saturated rings. The van der Waals surface area contributed by atoms with Crippen molar-refractivity contribution in [3.63, 3.8) is 0 Å². The normalized spacial score (nSPS) is 14.7. The highest BCUT2D eigenvalue weighted by Gasteiger charge is 2.28. The van der Waals surface area contributed by atoms with Gasteiger partial charge in [0.05, 0.1) is 5.54 Å². The summed E-state index contributed by atoms with van der Waals surface area (Å²) in [5.74, 6) is -0.313. The minimum atomic E-state index is -0.624. The first-order chi connectivity index (χ1) is 7.49. The van der Waals surface area contributed by atoms with Crippen LogP contribution < -0.4 is 11.1 Å². The number of amides is 1. The number of nitrogens with two attached hydrogens (primary N) is 1. The van der Waals surface area contributed by atoms with E-state index in [0.717, 1.165) is 18.7 Å². The van der Waals surface area contributed by atoms with Crippen molar-refractivity contribution in [2.75, 3.05) is 7.05 Å². The van der Waals surface area contributed by atoms with Gasteiger partial charge in [-0.3, -0.25) is 9.48 Å². The number of carbonyl (C=O) groups is 1. The van der Waals surface area contributed by atoms with E-state index in [2.05, 4.69) is 10.4 Å². The molecular formula is C11H20N4O. The Morgan fingerprint density at radius 1 is 1.69 bits per heavy atom. The second-order valence-corrected chi connectivity index (χ2v) is 4.25. The molecular weight excluding hydrogens is 204 g/mol. The molecule has 0 saturated heterocycles. The molecule has 1 rings (SSSR count). The predicted octanol–water partition coefficient (Wildman–Crippen LogP) is 0.435. The molecule has 0 bridgehead atoms. The maximum absolute atomic E-state index is 11.2. The summed E-state index contributed by atoms with van der Waals surface area (Å²) in [5.41, 5.74) is 5.85. The minimum absolute atomic E-state index is 0.313. The lowest BCUT2D eigenvalue weighted by Gasteiger charge is -2.25. The molecule has 16 heavy (non-hydrogen) atoms. The maximum atomic E-state index is 11.2. The van der Waals surface area contributed by atoms with Gasteiger partial charge in [0.1, 0.15) is 0 Å². The average Bonchev–Trinajstić information content (AvgIpc) is 2.64. The highest BCUT2D eigenvalue weighted by Crippen LogP contribution is 2.12. The Morgan fingerprint density at radius 2 is 2.38 bits per heavy atom. The number of aryl methyl sites for hydroxylation is 2. The Labute approximate surface area is 96.0 Å². The van der Waals surface area contributed by atoms with Gasteiger partial charge in [-0.25, -0.2) is 0 Å². The van der Waals surface area contributed by atoms with Gasteiger partial charge in [-0.15, -0.1) is 0 Å². The van der Waals surface area contributed by atoms with Crippen LogP contribution in [0.5, 0.6) is 0 Å². The molecule has 1 heterocycles. The smallest absolute Gasteiger partial charge is 0.237 e. The van der Waals surface area contributed by atoms with Crippen molar-refractivity contribution in [3.05, 3.63) is 18.0 Å². The third-order valence-electron chi connectivity index (χ3n) is 3.07.